The Morgan fingerprint density at radius 1 is 0.738 bits per heavy atom. The minimum absolute atomic E-state index is 0.118. The van der Waals surface area contributed by atoms with Gasteiger partial charge < -0.3 is 28.4 Å². The summed E-state index contributed by atoms with van der Waals surface area (Å²) in [5.41, 5.74) is 1.56. The number of benzene rings is 2. The molecule has 0 fully saturated rings. The van der Waals surface area contributed by atoms with E-state index in [0.29, 0.717) is 42.3 Å². The molecule has 2 aromatic rings. The van der Waals surface area contributed by atoms with Crippen LogP contribution in [0.15, 0.2) is 54.6 Å². The minimum atomic E-state index is -0.595. The van der Waals surface area contributed by atoms with E-state index in [1.807, 2.05) is 37.3 Å². The van der Waals surface area contributed by atoms with Crippen LogP contribution in [-0.2, 0) is 35.0 Å². The maximum absolute atomic E-state index is 12.3. The summed E-state index contributed by atoms with van der Waals surface area (Å²) in [7, 11) is 0. The highest BCUT2D eigenvalue weighted by Crippen LogP contribution is 2.37. The topological polar surface area (TPSA) is 89.5 Å². The fraction of sp³-hybridized carbons (Fsp3) is 0.529. The van der Waals surface area contributed by atoms with Crippen molar-refractivity contribution in [2.24, 2.45) is 0 Å². The molecule has 0 heterocycles. The van der Waals surface area contributed by atoms with Crippen molar-refractivity contribution in [3.8, 4) is 11.5 Å². The van der Waals surface area contributed by atoms with Gasteiger partial charge in [-0.1, -0.05) is 71.0 Å². The van der Waals surface area contributed by atoms with Crippen LogP contribution in [0.5, 0.6) is 11.5 Å². The third kappa shape index (κ3) is 11.5. The van der Waals surface area contributed by atoms with E-state index in [1.165, 1.54) is 0 Å². The van der Waals surface area contributed by atoms with Gasteiger partial charge in [-0.05, 0) is 44.7 Å². The van der Waals surface area contributed by atoms with Gasteiger partial charge in [-0.2, -0.15) is 0 Å². The highest BCUT2D eigenvalue weighted by molar-refractivity contribution is 5.94. The van der Waals surface area contributed by atoms with Crippen molar-refractivity contribution < 1.29 is 38.0 Å². The molecule has 0 spiro atoms. The van der Waals surface area contributed by atoms with Crippen molar-refractivity contribution in [1.82, 2.24) is 0 Å². The molecule has 0 saturated heterocycles. The molecule has 0 aliphatic carbocycles. The Bertz CT molecular complexity index is 1170. The molecule has 0 aliphatic heterocycles. The molecule has 2 unspecified atom stereocenters. The van der Waals surface area contributed by atoms with Gasteiger partial charge >= 0.3 is 11.9 Å². The molecule has 2 rings (SSSR count). The van der Waals surface area contributed by atoms with E-state index in [9.17, 15) is 9.59 Å². The van der Waals surface area contributed by atoms with Gasteiger partial charge in [0.1, 0.15) is 24.7 Å². The predicted molar refractivity (Wildman–Crippen MR) is 165 cm³/mol. The zero-order valence-corrected chi connectivity index (χ0v) is 26.0. The molecule has 42 heavy (non-hydrogen) atoms. The van der Waals surface area contributed by atoms with E-state index in [0.717, 1.165) is 42.0 Å². The largest absolute Gasteiger partial charge is 0.489 e. The molecule has 2 atom stereocenters. The van der Waals surface area contributed by atoms with Crippen LogP contribution in [0.1, 0.15) is 65.9 Å². The van der Waals surface area contributed by atoms with Crippen molar-refractivity contribution in [2.75, 3.05) is 39.6 Å². The molecule has 0 aromatic heterocycles. The second-order valence-corrected chi connectivity index (χ2v) is 10.4. The highest BCUT2D eigenvalue weighted by Gasteiger charge is 2.21. The standard InChI is InChI=1S/C34H48O8/c1-8-11-17-37-20-27(41-33(35)24(4)5)22-39-31-19-26(10-3)32(30-16-14-13-15-29(30)31)40-23-28(21-38-18-12-9-2)42-34(36)25(6)7/h13-16,19,27-28H,4,6,8-12,17-18,20-23H2,1-3,5,7H3. The lowest BCUT2D eigenvalue weighted by Crippen LogP contribution is -2.30. The van der Waals surface area contributed by atoms with E-state index in [-0.39, 0.29) is 26.4 Å². The number of rotatable bonds is 21. The van der Waals surface area contributed by atoms with E-state index >= 15 is 0 Å². The number of carbonyl (C=O) groups excluding carboxylic acids is 2. The van der Waals surface area contributed by atoms with Gasteiger partial charge in [-0.3, -0.25) is 0 Å². The summed E-state index contributed by atoms with van der Waals surface area (Å²) in [5.74, 6) is 0.380. The normalized spacial score (nSPS) is 12.4. The Hall–Kier alpha value is -3.36. The summed E-state index contributed by atoms with van der Waals surface area (Å²) >= 11 is 0. The Balaban J connectivity index is 2.27. The maximum atomic E-state index is 12.3. The lowest BCUT2D eigenvalue weighted by Gasteiger charge is -2.23. The third-order valence-corrected chi connectivity index (χ3v) is 6.39. The van der Waals surface area contributed by atoms with Gasteiger partial charge in [-0.25, -0.2) is 9.59 Å². The highest BCUT2D eigenvalue weighted by atomic mass is 16.6. The maximum Gasteiger partial charge on any atom is 0.333 e. The predicted octanol–water partition coefficient (Wildman–Crippen LogP) is 6.77. The molecule has 0 radical (unpaired) electrons. The molecule has 0 aliphatic rings. The fourth-order valence-corrected chi connectivity index (χ4v) is 3.94. The molecule has 8 nitrogen and oxygen atoms in total. The zero-order chi connectivity index (χ0) is 30.9. The number of esters is 2. The van der Waals surface area contributed by atoms with Crippen LogP contribution in [0.25, 0.3) is 10.8 Å². The molecule has 2 aromatic carbocycles. The van der Waals surface area contributed by atoms with Gasteiger partial charge in [0.25, 0.3) is 0 Å². The van der Waals surface area contributed by atoms with Crippen molar-refractivity contribution in [3.05, 3.63) is 60.2 Å². The molecule has 232 valence electrons. The molecular weight excluding hydrogens is 536 g/mol. The van der Waals surface area contributed by atoms with Crippen molar-refractivity contribution >= 4 is 22.7 Å². The van der Waals surface area contributed by atoms with Crippen LogP contribution in [-0.4, -0.2) is 63.8 Å². The van der Waals surface area contributed by atoms with Crippen LogP contribution < -0.4 is 9.47 Å². The van der Waals surface area contributed by atoms with Gasteiger partial charge in [0.05, 0.1) is 13.2 Å². The first kappa shape index (κ1) is 34.8. The number of hydrogen-bond donors (Lipinski definition) is 0. The second-order valence-electron chi connectivity index (χ2n) is 10.4. The first-order chi connectivity index (χ1) is 20.2. The summed E-state index contributed by atoms with van der Waals surface area (Å²) < 4.78 is 35.3. The first-order valence-corrected chi connectivity index (χ1v) is 14.9. The average Bonchev–Trinajstić information content (AvgIpc) is 2.98. The van der Waals surface area contributed by atoms with Gasteiger partial charge in [-0.15, -0.1) is 0 Å². The van der Waals surface area contributed by atoms with Gasteiger partial charge in [0.15, 0.2) is 12.2 Å². The summed E-state index contributed by atoms with van der Waals surface area (Å²) in [6.07, 6.45) is 3.35. The lowest BCUT2D eigenvalue weighted by molar-refractivity contribution is -0.150. The number of ether oxygens (including phenoxy) is 6. The SMILES string of the molecule is C=C(C)C(=O)OC(COCCCC)COc1cc(CC)c(OCC(COCCCC)OC(=O)C(=C)C)c2ccccc12. The Kier molecular flexibility index (Phi) is 15.7. The molecule has 8 heteroatoms. The van der Waals surface area contributed by atoms with Crippen molar-refractivity contribution in [2.45, 2.75) is 78.9 Å². The monoisotopic (exact) mass is 584 g/mol. The summed E-state index contributed by atoms with van der Waals surface area (Å²) in [6, 6.07) is 9.73. The van der Waals surface area contributed by atoms with Crippen LogP contribution in [0.3, 0.4) is 0 Å². The molecule has 0 saturated carbocycles. The summed E-state index contributed by atoms with van der Waals surface area (Å²) in [6.45, 7) is 18.7. The third-order valence-electron chi connectivity index (χ3n) is 6.39. The van der Waals surface area contributed by atoms with Crippen molar-refractivity contribution in [1.29, 1.82) is 0 Å². The molecular formula is C34H48O8. The Labute approximate surface area is 250 Å². The van der Waals surface area contributed by atoms with Crippen LogP contribution in [0.2, 0.25) is 0 Å². The van der Waals surface area contributed by atoms with Gasteiger partial charge in [0, 0.05) is 35.1 Å². The van der Waals surface area contributed by atoms with E-state index < -0.39 is 24.1 Å². The number of hydrogen-bond acceptors (Lipinski definition) is 8. The van der Waals surface area contributed by atoms with Crippen LogP contribution in [0.4, 0.5) is 0 Å². The number of fused-ring (bicyclic) bond motifs is 1. The molecule has 0 N–H and O–H groups in total. The molecule has 0 amide bonds. The van der Waals surface area contributed by atoms with E-state index in [4.69, 9.17) is 28.4 Å². The minimum Gasteiger partial charge on any atom is -0.489 e. The second kappa shape index (κ2) is 18.9. The molecule has 0 bridgehead atoms. The van der Waals surface area contributed by atoms with E-state index in [2.05, 4.69) is 27.0 Å². The van der Waals surface area contributed by atoms with Gasteiger partial charge in [0.2, 0.25) is 0 Å². The number of unbranched alkanes of at least 4 members (excludes halogenated alkanes) is 2. The quantitative estimate of drug-likeness (QED) is 0.0902. The van der Waals surface area contributed by atoms with E-state index in [1.54, 1.807) is 13.8 Å². The Morgan fingerprint density at radius 2 is 1.24 bits per heavy atom. The summed E-state index contributed by atoms with van der Waals surface area (Å²) in [4.78, 5) is 24.5. The lowest BCUT2D eigenvalue weighted by atomic mass is 10.0. The number of aryl methyl sites for hydroxylation is 1. The smallest absolute Gasteiger partial charge is 0.333 e. The van der Waals surface area contributed by atoms with Crippen molar-refractivity contribution in [3.63, 3.8) is 0 Å². The fourth-order valence-electron chi connectivity index (χ4n) is 3.94. The average molecular weight is 585 g/mol. The zero-order valence-electron chi connectivity index (χ0n) is 26.0. The van der Waals surface area contributed by atoms with Crippen LogP contribution >= 0.6 is 0 Å². The Morgan fingerprint density at radius 3 is 1.71 bits per heavy atom. The summed E-state index contributed by atoms with van der Waals surface area (Å²) in [5, 5.41) is 1.70. The van der Waals surface area contributed by atoms with Crippen LogP contribution in [0, 0.1) is 0 Å². The number of carbonyl (C=O) groups is 2. The first-order valence-electron chi connectivity index (χ1n) is 14.9.